The van der Waals surface area contributed by atoms with Crippen LogP contribution in [0.5, 0.6) is 0 Å². The van der Waals surface area contributed by atoms with Gasteiger partial charge < -0.3 is 15.7 Å². The summed E-state index contributed by atoms with van der Waals surface area (Å²) in [6.45, 7) is 4.35. The lowest BCUT2D eigenvalue weighted by Crippen LogP contribution is -2.22. The molecule has 0 saturated carbocycles. The van der Waals surface area contributed by atoms with Gasteiger partial charge in [0, 0.05) is 18.7 Å². The molecule has 0 bridgehead atoms. The van der Waals surface area contributed by atoms with E-state index in [4.69, 9.17) is 10.8 Å². The van der Waals surface area contributed by atoms with Gasteiger partial charge in [0.25, 0.3) is 0 Å². The van der Waals surface area contributed by atoms with Gasteiger partial charge in [-0.05, 0) is 37.5 Å². The van der Waals surface area contributed by atoms with E-state index >= 15 is 0 Å². The average molecular weight is 345 g/mol. The van der Waals surface area contributed by atoms with Crippen LogP contribution in [0.4, 0.5) is 0 Å². The molecule has 4 N–H and O–H groups in total. The fourth-order valence-corrected chi connectivity index (χ4v) is 5.07. The minimum atomic E-state index is -3.58. The van der Waals surface area contributed by atoms with E-state index in [1.165, 1.54) is 0 Å². The van der Waals surface area contributed by atoms with Gasteiger partial charge in [0.2, 0.25) is 13.3 Å². The molecule has 6 nitrogen and oxygen atoms in total. The van der Waals surface area contributed by atoms with Crippen molar-refractivity contribution in [3.8, 4) is 0 Å². The molecule has 0 saturated heterocycles. The van der Waals surface area contributed by atoms with Crippen molar-refractivity contribution >= 4 is 19.2 Å². The highest BCUT2D eigenvalue weighted by atomic mass is 31.2. The molecule has 132 valence electrons. The van der Waals surface area contributed by atoms with Gasteiger partial charge in [0.1, 0.15) is 0 Å². The number of aliphatic carboxylic acids is 1. The number of carbonyl (C=O) groups is 2. The van der Waals surface area contributed by atoms with Gasteiger partial charge in [-0.3, -0.25) is 14.2 Å². The minimum Gasteiger partial charge on any atom is -0.481 e. The van der Waals surface area contributed by atoms with Gasteiger partial charge in [-0.15, -0.1) is 0 Å². The van der Waals surface area contributed by atoms with Gasteiger partial charge >= 0.3 is 5.97 Å². The summed E-state index contributed by atoms with van der Waals surface area (Å²) >= 11 is 0. The Balaban J connectivity index is 2.62. The molecule has 0 aromatic carbocycles. The molecule has 0 fully saturated rings. The number of primary amides is 1. The lowest BCUT2D eigenvalue weighted by Gasteiger charge is -2.26. The summed E-state index contributed by atoms with van der Waals surface area (Å²) in [5, 5.41) is 9.15. The predicted molar refractivity (Wildman–Crippen MR) is 89.4 cm³/mol. The van der Waals surface area contributed by atoms with Gasteiger partial charge in [-0.2, -0.15) is 0 Å². The first-order chi connectivity index (χ1) is 10.6. The van der Waals surface area contributed by atoms with Crippen LogP contribution in [0.25, 0.3) is 0 Å². The quantitative estimate of drug-likeness (QED) is 0.438. The molecule has 23 heavy (non-hydrogen) atoms. The lowest BCUT2D eigenvalue weighted by atomic mass is 9.83. The molecule has 7 heteroatoms. The number of amides is 1. The Bertz CT molecular complexity index is 515. The summed E-state index contributed by atoms with van der Waals surface area (Å²) in [4.78, 5) is 32.1. The van der Waals surface area contributed by atoms with Crippen LogP contribution in [0.3, 0.4) is 0 Å². The lowest BCUT2D eigenvalue weighted by molar-refractivity contribution is -0.141. The van der Waals surface area contributed by atoms with Crippen LogP contribution in [0, 0.1) is 17.8 Å². The molecule has 0 aromatic heterocycles. The van der Waals surface area contributed by atoms with Crippen molar-refractivity contribution in [3.05, 3.63) is 11.6 Å². The fourth-order valence-electron chi connectivity index (χ4n) is 2.99. The zero-order valence-corrected chi connectivity index (χ0v) is 14.8. The number of carboxylic acid groups (broad SMARTS) is 1. The second-order valence-electron chi connectivity index (χ2n) is 6.87. The van der Waals surface area contributed by atoms with Crippen molar-refractivity contribution < 1.29 is 24.2 Å². The van der Waals surface area contributed by atoms with Gasteiger partial charge in [0.15, 0.2) is 0 Å². The SMILES string of the molecule is CC(C)C1CC=C(CP(=O)(O)CC(CCC(N)=O)C(=O)O)CC1. The van der Waals surface area contributed by atoms with Gasteiger partial charge in [-0.25, -0.2) is 0 Å². The highest BCUT2D eigenvalue weighted by Crippen LogP contribution is 2.47. The third kappa shape index (κ3) is 7.32. The first-order valence-corrected chi connectivity index (χ1v) is 10.1. The van der Waals surface area contributed by atoms with Gasteiger partial charge in [0.05, 0.1) is 5.92 Å². The number of allylic oxidation sites excluding steroid dienone is 2. The molecule has 1 aliphatic carbocycles. The number of nitrogens with two attached hydrogens (primary N) is 1. The molecular weight excluding hydrogens is 317 g/mol. The first kappa shape index (κ1) is 19.9. The Morgan fingerprint density at radius 2 is 2.09 bits per heavy atom. The summed E-state index contributed by atoms with van der Waals surface area (Å²) in [6, 6.07) is 0. The molecule has 0 aromatic rings. The summed E-state index contributed by atoms with van der Waals surface area (Å²) < 4.78 is 12.4. The number of hydrogen-bond donors (Lipinski definition) is 3. The average Bonchev–Trinajstić information content (AvgIpc) is 2.43. The summed E-state index contributed by atoms with van der Waals surface area (Å²) in [6.07, 6.45) is 4.42. The maximum atomic E-state index is 12.4. The largest absolute Gasteiger partial charge is 0.481 e. The van der Waals surface area contributed by atoms with E-state index in [0.717, 1.165) is 24.8 Å². The van der Waals surface area contributed by atoms with Crippen LogP contribution in [0.15, 0.2) is 11.6 Å². The molecule has 0 aliphatic heterocycles. The number of carboxylic acids is 1. The summed E-state index contributed by atoms with van der Waals surface area (Å²) in [7, 11) is -3.58. The smallest absolute Gasteiger partial charge is 0.307 e. The molecule has 0 spiro atoms. The molecule has 1 amide bonds. The summed E-state index contributed by atoms with van der Waals surface area (Å²) in [5.41, 5.74) is 5.97. The van der Waals surface area contributed by atoms with E-state index < -0.39 is 25.2 Å². The Hall–Kier alpha value is -1.13. The molecule has 1 rings (SSSR count). The van der Waals surface area contributed by atoms with E-state index in [1.54, 1.807) is 0 Å². The van der Waals surface area contributed by atoms with Crippen molar-refractivity contribution in [2.45, 2.75) is 46.0 Å². The highest BCUT2D eigenvalue weighted by molar-refractivity contribution is 7.58. The maximum absolute atomic E-state index is 12.4. The van der Waals surface area contributed by atoms with Crippen molar-refractivity contribution in [1.82, 2.24) is 0 Å². The maximum Gasteiger partial charge on any atom is 0.307 e. The zero-order valence-electron chi connectivity index (χ0n) is 13.9. The zero-order chi connectivity index (χ0) is 17.6. The van der Waals surface area contributed by atoms with Crippen molar-refractivity contribution in [1.29, 1.82) is 0 Å². The standard InChI is InChI=1S/C16H28NO5P/c1-11(2)13-5-3-12(4-6-13)9-23(21,22)10-14(16(19)20)7-8-15(17)18/h3,11,13-14H,4-10H2,1-2H3,(H2,17,18)(H,19,20)(H,21,22). The normalized spacial score (nSPS) is 22.3. The monoisotopic (exact) mass is 345 g/mol. The van der Waals surface area contributed by atoms with E-state index in [0.29, 0.717) is 11.8 Å². The third-order valence-corrected chi connectivity index (χ3v) is 6.44. The Morgan fingerprint density at radius 1 is 1.43 bits per heavy atom. The number of hydrogen-bond acceptors (Lipinski definition) is 3. The second kappa shape index (κ2) is 8.65. The number of rotatable bonds is 9. The van der Waals surface area contributed by atoms with Crippen LogP contribution >= 0.6 is 7.37 Å². The van der Waals surface area contributed by atoms with Crippen molar-refractivity contribution in [2.75, 3.05) is 12.3 Å². The predicted octanol–water partition coefficient (Wildman–Crippen LogP) is 2.61. The van der Waals surface area contributed by atoms with E-state index in [2.05, 4.69) is 13.8 Å². The van der Waals surface area contributed by atoms with Crippen LogP contribution < -0.4 is 5.73 Å². The van der Waals surface area contributed by atoms with Crippen LogP contribution in [-0.4, -0.2) is 34.2 Å². The van der Waals surface area contributed by atoms with Crippen molar-refractivity contribution in [3.63, 3.8) is 0 Å². The Labute approximate surface area is 137 Å². The molecule has 0 radical (unpaired) electrons. The third-order valence-electron chi connectivity index (χ3n) is 4.53. The van der Waals surface area contributed by atoms with E-state index in [9.17, 15) is 19.0 Å². The Kier molecular flexibility index (Phi) is 7.49. The molecule has 0 heterocycles. The molecule has 3 unspecified atom stereocenters. The molecule has 3 atom stereocenters. The van der Waals surface area contributed by atoms with Crippen LogP contribution in [0.1, 0.15) is 46.0 Å². The fraction of sp³-hybridized carbons (Fsp3) is 0.750. The van der Waals surface area contributed by atoms with Crippen molar-refractivity contribution in [2.24, 2.45) is 23.5 Å². The van der Waals surface area contributed by atoms with Crippen LogP contribution in [0.2, 0.25) is 0 Å². The van der Waals surface area contributed by atoms with E-state index in [-0.39, 0.29) is 25.2 Å². The van der Waals surface area contributed by atoms with Gasteiger partial charge in [-0.1, -0.05) is 25.5 Å². The van der Waals surface area contributed by atoms with Crippen LogP contribution in [-0.2, 0) is 14.2 Å². The highest BCUT2D eigenvalue weighted by Gasteiger charge is 2.30. The van der Waals surface area contributed by atoms with E-state index in [1.807, 2.05) is 6.08 Å². The topological polar surface area (TPSA) is 118 Å². The summed E-state index contributed by atoms with van der Waals surface area (Å²) in [5.74, 6) is -1.55. The minimum absolute atomic E-state index is 0.00366. The second-order valence-corrected chi connectivity index (χ2v) is 9.24. The number of carbonyl (C=O) groups excluding carboxylic acids is 1. The first-order valence-electron chi connectivity index (χ1n) is 8.10. The Morgan fingerprint density at radius 3 is 2.52 bits per heavy atom. The molecule has 1 aliphatic rings. The molecular formula is C16H28NO5P.